The maximum atomic E-state index is 9.14. The second kappa shape index (κ2) is 6.91. The summed E-state index contributed by atoms with van der Waals surface area (Å²) in [4.78, 5) is 0. The molecule has 5 heteroatoms. The third-order valence-electron chi connectivity index (χ3n) is 3.92. The quantitative estimate of drug-likeness (QED) is 0.322. The molecule has 4 aromatic carbocycles. The summed E-state index contributed by atoms with van der Waals surface area (Å²) in [6.45, 7) is 0. The first kappa shape index (κ1) is 16.9. The third-order valence-corrected chi connectivity index (χ3v) is 3.92. The molecule has 108 valence electrons. The number of benzene rings is 4. The topological polar surface area (TPSA) is 49.7 Å². The second-order valence-electron chi connectivity index (χ2n) is 5.28. The number of hydrogen-bond donors (Lipinski definition) is 2. The zero-order valence-corrected chi connectivity index (χ0v) is 15.9. The molecule has 0 amide bonds. The summed E-state index contributed by atoms with van der Waals surface area (Å²) < 4.78 is 5.16. The van der Waals surface area contributed by atoms with Crippen LogP contribution in [0.5, 0.6) is 5.75 Å². The van der Waals surface area contributed by atoms with Crippen molar-refractivity contribution in [3.05, 3.63) is 66.7 Å². The second-order valence-corrected chi connectivity index (χ2v) is 5.28. The monoisotopic (exact) mass is 328 g/mol. The molecular weight excluding hydrogens is 314 g/mol. The van der Waals surface area contributed by atoms with Crippen molar-refractivity contribution in [1.29, 1.82) is 0 Å². The standard InChI is InChI=1S/C18H13BO3.K.H/c20-19(21)22-17-7-3-6-12-8-9-15-10-13-4-1-2-5-14(13)11-16(15)18(12)17;;/h1-11,20-21H;;/q;+1;-1. The minimum absolute atomic E-state index is 0. The van der Waals surface area contributed by atoms with Crippen molar-refractivity contribution in [1.82, 2.24) is 0 Å². The van der Waals surface area contributed by atoms with E-state index in [2.05, 4.69) is 30.3 Å². The van der Waals surface area contributed by atoms with Crippen molar-refractivity contribution in [2.45, 2.75) is 0 Å². The Morgan fingerprint density at radius 2 is 1.39 bits per heavy atom. The van der Waals surface area contributed by atoms with Crippen molar-refractivity contribution in [2.75, 3.05) is 0 Å². The number of hydrogen-bond acceptors (Lipinski definition) is 3. The zero-order valence-electron chi connectivity index (χ0n) is 13.7. The molecule has 0 aliphatic heterocycles. The van der Waals surface area contributed by atoms with E-state index in [9.17, 15) is 0 Å². The van der Waals surface area contributed by atoms with E-state index < -0.39 is 7.32 Å². The Morgan fingerprint density at radius 1 is 0.739 bits per heavy atom. The SMILES string of the molecule is OB(O)Oc1cccc2ccc3cc4ccccc4cc3c12.[H-].[K+]. The minimum atomic E-state index is -1.83. The van der Waals surface area contributed by atoms with Crippen LogP contribution in [-0.2, 0) is 0 Å². The summed E-state index contributed by atoms with van der Waals surface area (Å²) in [6.07, 6.45) is 0. The molecule has 3 nitrogen and oxygen atoms in total. The van der Waals surface area contributed by atoms with Gasteiger partial charge >= 0.3 is 58.7 Å². The van der Waals surface area contributed by atoms with Crippen molar-refractivity contribution in [2.24, 2.45) is 0 Å². The molecule has 0 aliphatic carbocycles. The molecule has 0 atom stereocenters. The zero-order chi connectivity index (χ0) is 15.1. The van der Waals surface area contributed by atoms with Gasteiger partial charge in [0.1, 0.15) is 5.75 Å². The van der Waals surface area contributed by atoms with E-state index in [1.54, 1.807) is 6.07 Å². The fourth-order valence-electron chi connectivity index (χ4n) is 2.98. The van der Waals surface area contributed by atoms with Gasteiger partial charge in [0.25, 0.3) is 0 Å². The predicted octanol–water partition coefficient (Wildman–Crippen LogP) is 0.611. The minimum Gasteiger partial charge on any atom is -1.00 e. The Labute approximate surface area is 178 Å². The summed E-state index contributed by atoms with van der Waals surface area (Å²) in [5.41, 5.74) is 0. The summed E-state index contributed by atoms with van der Waals surface area (Å²) in [5, 5.41) is 24.6. The Balaban J connectivity index is 0.00000104. The molecule has 4 aromatic rings. The first-order valence-corrected chi connectivity index (χ1v) is 7.09. The van der Waals surface area contributed by atoms with Gasteiger partial charge in [0.05, 0.1) is 0 Å². The molecule has 0 aromatic heterocycles. The summed E-state index contributed by atoms with van der Waals surface area (Å²) in [5.74, 6) is 0.466. The van der Waals surface area contributed by atoms with Gasteiger partial charge in [-0.15, -0.1) is 0 Å². The van der Waals surface area contributed by atoms with Crippen molar-refractivity contribution < 1.29 is 67.5 Å². The Morgan fingerprint density at radius 3 is 2.13 bits per heavy atom. The maximum absolute atomic E-state index is 9.14. The first-order chi connectivity index (χ1) is 10.7. The van der Waals surface area contributed by atoms with Gasteiger partial charge < -0.3 is 16.1 Å². The Bertz CT molecular complexity index is 1010. The van der Waals surface area contributed by atoms with Gasteiger partial charge in [-0.25, -0.2) is 0 Å². The van der Waals surface area contributed by atoms with Crippen LogP contribution in [0.3, 0.4) is 0 Å². The molecule has 0 saturated heterocycles. The van der Waals surface area contributed by atoms with Gasteiger partial charge in [-0.2, -0.15) is 0 Å². The van der Waals surface area contributed by atoms with Gasteiger partial charge in [0.2, 0.25) is 0 Å². The van der Waals surface area contributed by atoms with Gasteiger partial charge in [0.15, 0.2) is 0 Å². The van der Waals surface area contributed by atoms with E-state index in [1.165, 1.54) is 5.39 Å². The molecule has 2 N–H and O–H groups in total. The van der Waals surface area contributed by atoms with E-state index in [4.69, 9.17) is 14.7 Å². The van der Waals surface area contributed by atoms with Gasteiger partial charge in [-0.3, -0.25) is 0 Å². The van der Waals surface area contributed by atoms with Crippen LogP contribution < -0.4 is 56.0 Å². The molecule has 0 fully saturated rings. The van der Waals surface area contributed by atoms with E-state index in [1.807, 2.05) is 30.3 Å². The van der Waals surface area contributed by atoms with E-state index >= 15 is 0 Å². The first-order valence-electron chi connectivity index (χ1n) is 7.09. The molecule has 0 spiro atoms. The molecular formula is C18H14BKO3. The van der Waals surface area contributed by atoms with Crippen LogP contribution in [0.4, 0.5) is 0 Å². The fraction of sp³-hybridized carbons (Fsp3) is 0. The normalized spacial score (nSPS) is 10.7. The number of rotatable bonds is 2. The average Bonchev–Trinajstić information content (AvgIpc) is 2.52. The van der Waals surface area contributed by atoms with Crippen LogP contribution in [0, 0.1) is 0 Å². The molecule has 0 unspecified atom stereocenters. The predicted molar refractivity (Wildman–Crippen MR) is 90.9 cm³/mol. The van der Waals surface area contributed by atoms with E-state index in [0.29, 0.717) is 5.75 Å². The molecule has 23 heavy (non-hydrogen) atoms. The van der Waals surface area contributed by atoms with Crippen LogP contribution in [0.1, 0.15) is 1.43 Å². The molecule has 0 heterocycles. The fourth-order valence-corrected chi connectivity index (χ4v) is 2.98. The van der Waals surface area contributed by atoms with Crippen LogP contribution >= 0.6 is 0 Å². The molecule has 0 radical (unpaired) electrons. The van der Waals surface area contributed by atoms with Gasteiger partial charge in [0, 0.05) is 5.39 Å². The van der Waals surface area contributed by atoms with Crippen LogP contribution in [-0.4, -0.2) is 17.4 Å². The van der Waals surface area contributed by atoms with Gasteiger partial charge in [-0.05, 0) is 45.1 Å². The smallest absolute Gasteiger partial charge is 1.00 e. The molecule has 4 rings (SSSR count). The summed E-state index contributed by atoms with van der Waals surface area (Å²) >= 11 is 0. The molecule has 0 bridgehead atoms. The van der Waals surface area contributed by atoms with Crippen LogP contribution in [0.25, 0.3) is 32.3 Å². The summed E-state index contributed by atoms with van der Waals surface area (Å²) in [6, 6.07) is 22.1. The average molecular weight is 328 g/mol. The van der Waals surface area contributed by atoms with Crippen molar-refractivity contribution in [3.8, 4) is 5.75 Å². The Hall–Kier alpha value is -0.919. The van der Waals surface area contributed by atoms with Crippen molar-refractivity contribution in [3.63, 3.8) is 0 Å². The van der Waals surface area contributed by atoms with E-state index in [-0.39, 0.29) is 52.8 Å². The largest absolute Gasteiger partial charge is 1.00 e. The third kappa shape index (κ3) is 3.19. The Kier molecular flexibility index (Phi) is 5.08. The number of fused-ring (bicyclic) bond motifs is 4. The van der Waals surface area contributed by atoms with E-state index in [0.717, 1.165) is 26.9 Å². The maximum Gasteiger partial charge on any atom is 1.00 e. The van der Waals surface area contributed by atoms with Crippen LogP contribution in [0.15, 0.2) is 66.7 Å². The molecule has 0 saturated carbocycles. The summed E-state index contributed by atoms with van der Waals surface area (Å²) in [7, 11) is -1.83. The van der Waals surface area contributed by atoms with Crippen molar-refractivity contribution >= 4 is 39.6 Å². The van der Waals surface area contributed by atoms with Crippen LogP contribution in [0.2, 0.25) is 0 Å². The van der Waals surface area contributed by atoms with Gasteiger partial charge in [-0.1, -0.05) is 48.5 Å². The molecule has 0 aliphatic rings.